The van der Waals surface area contributed by atoms with Crippen LogP contribution in [0.5, 0.6) is 0 Å². The van der Waals surface area contributed by atoms with Crippen LogP contribution < -0.4 is 10.4 Å². The minimum absolute atomic E-state index is 0.395. The number of para-hydroxylation sites is 1. The number of benzene rings is 2. The number of anilines is 1. The van der Waals surface area contributed by atoms with Crippen molar-refractivity contribution in [2.24, 2.45) is 0 Å². The largest absolute Gasteiger partial charge is 0.323 e. The smallest absolute Gasteiger partial charge is 0.312 e. The van der Waals surface area contributed by atoms with Gasteiger partial charge in [-0.1, -0.05) is 36.4 Å². The van der Waals surface area contributed by atoms with E-state index in [0.717, 1.165) is 5.69 Å². The predicted octanol–water partition coefficient (Wildman–Crippen LogP) is 3.65. The molecule has 0 radical (unpaired) electrons. The average molecular weight is 261 g/mol. The van der Waals surface area contributed by atoms with Crippen LogP contribution in [0.1, 0.15) is 6.92 Å². The zero-order valence-corrected chi connectivity index (χ0v) is 11.1. The van der Waals surface area contributed by atoms with Gasteiger partial charge in [-0.05, 0) is 31.2 Å². The number of hydrogen-bond acceptors (Lipinski definition) is 2. The molecule has 4 heteroatoms. The summed E-state index contributed by atoms with van der Waals surface area (Å²) >= 11 is 0. The predicted molar refractivity (Wildman–Crippen MR) is 75.4 cm³/mol. The molecule has 0 aliphatic heterocycles. The first-order chi connectivity index (χ1) is 8.74. The number of hydrogen-bond donors (Lipinski definition) is 1. The fourth-order valence-corrected chi connectivity index (χ4v) is 3.42. The Morgan fingerprint density at radius 1 is 1.00 bits per heavy atom. The van der Waals surface area contributed by atoms with Gasteiger partial charge in [-0.25, -0.2) is 0 Å². The van der Waals surface area contributed by atoms with Gasteiger partial charge < -0.3 is 9.61 Å². The third-order valence-corrected chi connectivity index (χ3v) is 4.61. The molecule has 0 aliphatic rings. The van der Waals surface area contributed by atoms with Gasteiger partial charge in [0.25, 0.3) is 0 Å². The first-order valence-electron chi connectivity index (χ1n) is 5.88. The van der Waals surface area contributed by atoms with Gasteiger partial charge in [0.05, 0.1) is 11.9 Å². The monoisotopic (exact) mass is 261 g/mol. The zero-order chi connectivity index (χ0) is 12.8. The van der Waals surface area contributed by atoms with Gasteiger partial charge in [-0.15, -0.1) is 0 Å². The van der Waals surface area contributed by atoms with Crippen LogP contribution in [0.25, 0.3) is 0 Å². The Labute approximate surface area is 107 Å². The molecule has 1 unspecified atom stereocenters. The molecule has 0 fully saturated rings. The van der Waals surface area contributed by atoms with Gasteiger partial charge in [0, 0.05) is 5.69 Å². The van der Waals surface area contributed by atoms with Crippen LogP contribution in [0.15, 0.2) is 60.7 Å². The molecule has 0 bridgehead atoms. The van der Waals surface area contributed by atoms with Gasteiger partial charge in [-0.2, -0.15) is 0 Å². The van der Waals surface area contributed by atoms with Crippen molar-refractivity contribution < 1.29 is 9.09 Å². The summed E-state index contributed by atoms with van der Waals surface area (Å²) in [4.78, 5) is 0. The summed E-state index contributed by atoms with van der Waals surface area (Å²) in [5.74, 6) is 0. The van der Waals surface area contributed by atoms with Crippen LogP contribution in [0, 0.1) is 0 Å². The van der Waals surface area contributed by atoms with Crippen LogP contribution in [0.2, 0.25) is 0 Å². The number of nitrogens with one attached hydrogen (secondary N) is 1. The molecule has 0 aromatic heterocycles. The highest BCUT2D eigenvalue weighted by Crippen LogP contribution is 2.45. The first kappa shape index (κ1) is 12.9. The lowest BCUT2D eigenvalue weighted by molar-refractivity contribution is 0.344. The Bertz CT molecular complexity index is 528. The normalized spacial score (nSPS) is 13.8. The standard InChI is InChI=1S/C14H16NO2P/c1-2-17-18(16,14-11-7-4-8-12-14)15-13-9-5-3-6-10-13/h3-12H,2H2,1H3,(H,15,16). The molecule has 1 atom stereocenters. The SMILES string of the molecule is CCOP(=O)(Nc1ccccc1)c1ccccc1. The highest BCUT2D eigenvalue weighted by atomic mass is 31.2. The van der Waals surface area contributed by atoms with Crippen molar-refractivity contribution in [2.45, 2.75) is 6.92 Å². The van der Waals surface area contributed by atoms with Crippen LogP contribution >= 0.6 is 7.52 Å². The Morgan fingerprint density at radius 2 is 1.56 bits per heavy atom. The molecule has 2 aromatic carbocycles. The Morgan fingerprint density at radius 3 is 2.11 bits per heavy atom. The second kappa shape index (κ2) is 5.85. The van der Waals surface area contributed by atoms with Gasteiger partial charge in [0.1, 0.15) is 0 Å². The maximum absolute atomic E-state index is 12.9. The molecular formula is C14H16NO2P. The van der Waals surface area contributed by atoms with Crippen molar-refractivity contribution in [2.75, 3.05) is 11.7 Å². The molecule has 2 rings (SSSR count). The van der Waals surface area contributed by atoms with E-state index >= 15 is 0 Å². The van der Waals surface area contributed by atoms with Crippen LogP contribution in [-0.4, -0.2) is 6.61 Å². The van der Waals surface area contributed by atoms with Crippen molar-refractivity contribution in [3.05, 3.63) is 60.7 Å². The molecule has 0 saturated heterocycles. The molecule has 1 N–H and O–H groups in total. The summed E-state index contributed by atoms with van der Waals surface area (Å²) in [5.41, 5.74) is 0.790. The lowest BCUT2D eigenvalue weighted by Crippen LogP contribution is -2.14. The Balaban J connectivity index is 2.31. The molecule has 18 heavy (non-hydrogen) atoms. The lowest BCUT2D eigenvalue weighted by Gasteiger charge is -2.20. The van der Waals surface area contributed by atoms with E-state index in [-0.39, 0.29) is 0 Å². The van der Waals surface area contributed by atoms with Crippen molar-refractivity contribution >= 4 is 18.5 Å². The van der Waals surface area contributed by atoms with Gasteiger partial charge in [0.2, 0.25) is 0 Å². The summed E-state index contributed by atoms with van der Waals surface area (Å²) in [7, 11) is -3.04. The molecular weight excluding hydrogens is 245 g/mol. The third kappa shape index (κ3) is 3.00. The average Bonchev–Trinajstić information content (AvgIpc) is 2.41. The zero-order valence-electron chi connectivity index (χ0n) is 10.2. The van der Waals surface area contributed by atoms with E-state index in [4.69, 9.17) is 4.52 Å². The van der Waals surface area contributed by atoms with E-state index in [9.17, 15) is 4.57 Å². The van der Waals surface area contributed by atoms with Crippen LogP contribution in [-0.2, 0) is 9.09 Å². The highest BCUT2D eigenvalue weighted by Gasteiger charge is 2.25. The van der Waals surface area contributed by atoms with Crippen molar-refractivity contribution in [3.8, 4) is 0 Å². The Kier molecular flexibility index (Phi) is 4.19. The van der Waals surface area contributed by atoms with Crippen molar-refractivity contribution in [3.63, 3.8) is 0 Å². The molecule has 3 nitrogen and oxygen atoms in total. The molecule has 0 heterocycles. The Hall–Kier alpha value is -1.57. The maximum Gasteiger partial charge on any atom is 0.323 e. The topological polar surface area (TPSA) is 38.3 Å². The summed E-state index contributed by atoms with van der Waals surface area (Å²) in [5, 5.41) is 3.68. The second-order valence-corrected chi connectivity index (χ2v) is 5.88. The van der Waals surface area contributed by atoms with E-state index in [2.05, 4.69) is 5.09 Å². The van der Waals surface area contributed by atoms with Gasteiger partial charge >= 0.3 is 7.52 Å². The third-order valence-electron chi connectivity index (χ3n) is 2.46. The minimum Gasteiger partial charge on any atom is -0.312 e. The van der Waals surface area contributed by atoms with Crippen molar-refractivity contribution in [1.29, 1.82) is 0 Å². The van der Waals surface area contributed by atoms with Crippen LogP contribution in [0.3, 0.4) is 0 Å². The maximum atomic E-state index is 12.9. The molecule has 0 amide bonds. The first-order valence-corrected chi connectivity index (χ1v) is 7.50. The molecule has 94 valence electrons. The summed E-state index contributed by atoms with van der Waals surface area (Å²) < 4.78 is 18.3. The van der Waals surface area contributed by atoms with E-state index in [1.165, 1.54) is 0 Å². The quantitative estimate of drug-likeness (QED) is 0.835. The molecule has 0 spiro atoms. The fourth-order valence-electron chi connectivity index (χ4n) is 1.66. The van der Waals surface area contributed by atoms with E-state index in [1.54, 1.807) is 0 Å². The van der Waals surface area contributed by atoms with Gasteiger partial charge in [-0.3, -0.25) is 4.57 Å². The number of rotatable bonds is 5. The highest BCUT2D eigenvalue weighted by molar-refractivity contribution is 7.68. The fraction of sp³-hybridized carbons (Fsp3) is 0.143. The van der Waals surface area contributed by atoms with E-state index < -0.39 is 7.52 Å². The molecule has 2 aromatic rings. The summed E-state index contributed by atoms with van der Waals surface area (Å²) in [6.07, 6.45) is 0. The summed E-state index contributed by atoms with van der Waals surface area (Å²) in [6, 6.07) is 18.7. The molecule has 0 saturated carbocycles. The van der Waals surface area contributed by atoms with E-state index in [1.807, 2.05) is 67.6 Å². The minimum atomic E-state index is -3.04. The van der Waals surface area contributed by atoms with E-state index in [0.29, 0.717) is 11.9 Å². The lowest BCUT2D eigenvalue weighted by atomic mass is 10.3. The van der Waals surface area contributed by atoms with Crippen molar-refractivity contribution in [1.82, 2.24) is 0 Å². The van der Waals surface area contributed by atoms with Gasteiger partial charge in [0.15, 0.2) is 0 Å². The van der Waals surface area contributed by atoms with Crippen LogP contribution in [0.4, 0.5) is 5.69 Å². The molecule has 0 aliphatic carbocycles. The second-order valence-electron chi connectivity index (χ2n) is 3.78. The summed E-state index contributed by atoms with van der Waals surface area (Å²) in [6.45, 7) is 2.23.